The summed E-state index contributed by atoms with van der Waals surface area (Å²) in [4.78, 5) is 4.30. The quantitative estimate of drug-likeness (QED) is 0.801. The SMILES string of the molecule is Cc1cc2ncc(CNc3cccc(F)c3C#N)cn2n1. The van der Waals surface area contributed by atoms with Gasteiger partial charge < -0.3 is 5.32 Å². The fraction of sp³-hybridized carbons (Fsp3) is 0.133. The van der Waals surface area contributed by atoms with Crippen LogP contribution in [0.5, 0.6) is 0 Å². The van der Waals surface area contributed by atoms with E-state index in [-0.39, 0.29) is 5.56 Å². The molecule has 0 unspecified atom stereocenters. The van der Waals surface area contributed by atoms with Crippen molar-refractivity contribution in [2.24, 2.45) is 0 Å². The number of halogens is 1. The molecule has 0 spiro atoms. The summed E-state index contributed by atoms with van der Waals surface area (Å²) < 4.78 is 15.2. The molecule has 0 aliphatic rings. The Hall–Kier alpha value is -2.94. The molecule has 6 heteroatoms. The van der Waals surface area contributed by atoms with E-state index in [9.17, 15) is 4.39 Å². The van der Waals surface area contributed by atoms with Crippen LogP contribution in [0.15, 0.2) is 36.7 Å². The molecule has 104 valence electrons. The first kappa shape index (κ1) is 13.1. The number of rotatable bonds is 3. The van der Waals surface area contributed by atoms with Gasteiger partial charge in [-0.2, -0.15) is 10.4 Å². The lowest BCUT2D eigenvalue weighted by Gasteiger charge is -2.08. The molecule has 1 aromatic carbocycles. The van der Waals surface area contributed by atoms with Crippen molar-refractivity contribution in [2.75, 3.05) is 5.32 Å². The van der Waals surface area contributed by atoms with Gasteiger partial charge in [-0.25, -0.2) is 13.9 Å². The van der Waals surface area contributed by atoms with E-state index in [1.165, 1.54) is 6.07 Å². The van der Waals surface area contributed by atoms with Crippen LogP contribution in [0.1, 0.15) is 16.8 Å². The third-order valence-corrected chi connectivity index (χ3v) is 3.10. The topological polar surface area (TPSA) is 66.0 Å². The lowest BCUT2D eigenvalue weighted by Crippen LogP contribution is -2.04. The molecule has 2 heterocycles. The molecular formula is C15H12FN5. The number of aryl methyl sites for hydroxylation is 1. The van der Waals surface area contributed by atoms with Gasteiger partial charge in [0.05, 0.1) is 11.4 Å². The van der Waals surface area contributed by atoms with Gasteiger partial charge in [-0.05, 0) is 19.1 Å². The summed E-state index contributed by atoms with van der Waals surface area (Å²) in [6, 6.07) is 8.26. The number of nitrogens with one attached hydrogen (secondary N) is 1. The molecule has 0 bridgehead atoms. The maximum atomic E-state index is 13.5. The molecule has 5 nitrogen and oxygen atoms in total. The van der Waals surface area contributed by atoms with E-state index in [1.807, 2.05) is 25.3 Å². The summed E-state index contributed by atoms with van der Waals surface area (Å²) in [7, 11) is 0. The van der Waals surface area contributed by atoms with Gasteiger partial charge in [0.2, 0.25) is 0 Å². The number of hydrogen-bond acceptors (Lipinski definition) is 4. The van der Waals surface area contributed by atoms with Crippen LogP contribution < -0.4 is 5.32 Å². The van der Waals surface area contributed by atoms with E-state index in [4.69, 9.17) is 5.26 Å². The van der Waals surface area contributed by atoms with Gasteiger partial charge in [0.15, 0.2) is 5.65 Å². The van der Waals surface area contributed by atoms with Gasteiger partial charge in [-0.3, -0.25) is 0 Å². The monoisotopic (exact) mass is 281 g/mol. The number of hydrogen-bond donors (Lipinski definition) is 1. The first-order chi connectivity index (χ1) is 10.2. The molecule has 0 aliphatic heterocycles. The van der Waals surface area contributed by atoms with Crippen molar-refractivity contribution in [3.63, 3.8) is 0 Å². The van der Waals surface area contributed by atoms with Crippen molar-refractivity contribution < 1.29 is 4.39 Å². The summed E-state index contributed by atoms with van der Waals surface area (Å²) in [5, 5.41) is 16.3. The largest absolute Gasteiger partial charge is 0.380 e. The Bertz CT molecular complexity index is 847. The predicted octanol–water partition coefficient (Wildman–Crippen LogP) is 2.66. The first-order valence-corrected chi connectivity index (χ1v) is 6.41. The lowest BCUT2D eigenvalue weighted by atomic mass is 10.2. The highest BCUT2D eigenvalue weighted by Gasteiger charge is 2.07. The Balaban J connectivity index is 1.83. The summed E-state index contributed by atoms with van der Waals surface area (Å²) in [5.41, 5.74) is 3.04. The second kappa shape index (κ2) is 5.21. The third kappa shape index (κ3) is 2.54. The Morgan fingerprint density at radius 1 is 1.43 bits per heavy atom. The van der Waals surface area contributed by atoms with E-state index in [0.717, 1.165) is 16.9 Å². The highest BCUT2D eigenvalue weighted by molar-refractivity contribution is 5.58. The van der Waals surface area contributed by atoms with Gasteiger partial charge >= 0.3 is 0 Å². The summed E-state index contributed by atoms with van der Waals surface area (Å²) in [5.74, 6) is -0.529. The van der Waals surface area contributed by atoms with E-state index in [2.05, 4.69) is 15.4 Å². The molecule has 0 radical (unpaired) electrons. The average Bonchev–Trinajstić information content (AvgIpc) is 2.84. The maximum Gasteiger partial charge on any atom is 0.155 e. The molecule has 0 saturated heterocycles. The smallest absolute Gasteiger partial charge is 0.155 e. The van der Waals surface area contributed by atoms with Crippen LogP contribution in [0.2, 0.25) is 0 Å². The van der Waals surface area contributed by atoms with Gasteiger partial charge in [-0.15, -0.1) is 0 Å². The number of anilines is 1. The zero-order valence-electron chi connectivity index (χ0n) is 11.3. The summed E-state index contributed by atoms with van der Waals surface area (Å²) >= 11 is 0. The second-order valence-electron chi connectivity index (χ2n) is 4.68. The van der Waals surface area contributed by atoms with Crippen LogP contribution in [0.4, 0.5) is 10.1 Å². The minimum absolute atomic E-state index is 0.0153. The van der Waals surface area contributed by atoms with Crippen LogP contribution in [0.3, 0.4) is 0 Å². The van der Waals surface area contributed by atoms with Crippen LogP contribution in [0.25, 0.3) is 5.65 Å². The van der Waals surface area contributed by atoms with Crippen molar-refractivity contribution in [3.05, 3.63) is 59.3 Å². The van der Waals surface area contributed by atoms with Crippen molar-refractivity contribution >= 4 is 11.3 Å². The zero-order valence-corrected chi connectivity index (χ0v) is 11.3. The first-order valence-electron chi connectivity index (χ1n) is 6.41. The molecule has 21 heavy (non-hydrogen) atoms. The lowest BCUT2D eigenvalue weighted by molar-refractivity contribution is 0.624. The molecular weight excluding hydrogens is 269 g/mol. The van der Waals surface area contributed by atoms with Crippen LogP contribution in [-0.4, -0.2) is 14.6 Å². The summed E-state index contributed by atoms with van der Waals surface area (Å²) in [6.45, 7) is 2.33. The second-order valence-corrected chi connectivity index (χ2v) is 4.68. The number of nitrogens with zero attached hydrogens (tertiary/aromatic N) is 4. The number of benzene rings is 1. The normalized spacial score (nSPS) is 10.5. The number of nitriles is 1. The molecule has 1 N–H and O–H groups in total. The summed E-state index contributed by atoms with van der Waals surface area (Å²) in [6.07, 6.45) is 3.59. The predicted molar refractivity (Wildman–Crippen MR) is 76.2 cm³/mol. The standard InChI is InChI=1S/C15H12FN5/c1-10-5-15-19-8-11(9-21(15)20-10)7-18-14-4-2-3-13(16)12(14)6-17/h2-5,8-9,18H,7H2,1H3. The van der Waals surface area contributed by atoms with Gasteiger partial charge in [0, 0.05) is 30.6 Å². The molecule has 3 rings (SSSR count). The Labute approximate surface area is 120 Å². The zero-order chi connectivity index (χ0) is 14.8. The van der Waals surface area contributed by atoms with Gasteiger partial charge in [-0.1, -0.05) is 6.07 Å². The molecule has 3 aromatic rings. The van der Waals surface area contributed by atoms with E-state index >= 15 is 0 Å². The van der Waals surface area contributed by atoms with Gasteiger partial charge in [0.25, 0.3) is 0 Å². The van der Waals surface area contributed by atoms with E-state index < -0.39 is 5.82 Å². The minimum Gasteiger partial charge on any atom is -0.380 e. The maximum absolute atomic E-state index is 13.5. The minimum atomic E-state index is -0.529. The van der Waals surface area contributed by atoms with Crippen molar-refractivity contribution in [1.82, 2.24) is 14.6 Å². The average molecular weight is 281 g/mol. The Morgan fingerprint density at radius 3 is 3.10 bits per heavy atom. The van der Waals surface area contributed by atoms with E-state index in [1.54, 1.807) is 22.8 Å². The van der Waals surface area contributed by atoms with Crippen LogP contribution >= 0.6 is 0 Å². The van der Waals surface area contributed by atoms with Crippen LogP contribution in [-0.2, 0) is 6.54 Å². The fourth-order valence-corrected chi connectivity index (χ4v) is 2.11. The Morgan fingerprint density at radius 2 is 2.29 bits per heavy atom. The number of aromatic nitrogens is 3. The van der Waals surface area contributed by atoms with Crippen molar-refractivity contribution in [1.29, 1.82) is 5.26 Å². The molecule has 0 atom stereocenters. The van der Waals surface area contributed by atoms with Crippen molar-refractivity contribution in [2.45, 2.75) is 13.5 Å². The van der Waals surface area contributed by atoms with E-state index in [0.29, 0.717) is 12.2 Å². The molecule has 0 fully saturated rings. The molecule has 0 saturated carbocycles. The van der Waals surface area contributed by atoms with Crippen LogP contribution in [0, 0.1) is 24.1 Å². The van der Waals surface area contributed by atoms with Crippen molar-refractivity contribution in [3.8, 4) is 6.07 Å². The Kier molecular flexibility index (Phi) is 3.24. The fourth-order valence-electron chi connectivity index (χ4n) is 2.11. The highest BCUT2D eigenvalue weighted by atomic mass is 19.1. The third-order valence-electron chi connectivity index (χ3n) is 3.10. The number of fused-ring (bicyclic) bond motifs is 1. The molecule has 0 amide bonds. The molecule has 2 aromatic heterocycles. The highest BCUT2D eigenvalue weighted by Crippen LogP contribution is 2.18. The molecule has 0 aliphatic carbocycles. The van der Waals surface area contributed by atoms with Gasteiger partial charge in [0.1, 0.15) is 17.4 Å².